The highest BCUT2D eigenvalue weighted by Crippen LogP contribution is 2.18. The van der Waals surface area contributed by atoms with Crippen molar-refractivity contribution in [2.75, 3.05) is 12.4 Å². The van der Waals surface area contributed by atoms with Crippen molar-refractivity contribution in [2.45, 2.75) is 20.4 Å². The summed E-state index contributed by atoms with van der Waals surface area (Å²) in [5.74, 6) is 0.211. The molecule has 3 rings (SSSR count). The number of hydrogen-bond donors (Lipinski definition) is 1. The minimum Gasteiger partial charge on any atom is -0.497 e. The number of hydrogen-bond acceptors (Lipinski definition) is 3. The van der Waals surface area contributed by atoms with Gasteiger partial charge in [0.1, 0.15) is 11.3 Å². The van der Waals surface area contributed by atoms with Crippen LogP contribution in [-0.2, 0) is 6.54 Å². The number of aromatic nitrogens is 1. The molecular weight excluding hydrogens is 340 g/mol. The van der Waals surface area contributed by atoms with Crippen LogP contribution in [0.15, 0.2) is 65.5 Å². The first-order chi connectivity index (χ1) is 13.0. The normalized spacial score (nSPS) is 10.5. The van der Waals surface area contributed by atoms with Crippen molar-refractivity contribution in [3.8, 4) is 5.75 Å². The van der Waals surface area contributed by atoms with Crippen LogP contribution in [0.2, 0.25) is 0 Å². The molecule has 0 saturated carbocycles. The van der Waals surface area contributed by atoms with E-state index in [-0.39, 0.29) is 11.0 Å². The number of methoxy groups -OCH3 is 1. The Labute approximate surface area is 158 Å². The highest BCUT2D eigenvalue weighted by molar-refractivity contribution is 6.05. The molecule has 27 heavy (non-hydrogen) atoms. The zero-order valence-corrected chi connectivity index (χ0v) is 15.7. The quantitative estimate of drug-likeness (QED) is 0.751. The van der Waals surface area contributed by atoms with E-state index in [1.807, 2.05) is 41.8 Å². The first-order valence-corrected chi connectivity index (χ1v) is 8.70. The number of ether oxygens (including phenoxy) is 1. The highest BCUT2D eigenvalue weighted by atomic mass is 16.5. The van der Waals surface area contributed by atoms with E-state index >= 15 is 0 Å². The van der Waals surface area contributed by atoms with Crippen molar-refractivity contribution in [3.63, 3.8) is 0 Å². The molecule has 0 aliphatic heterocycles. The Morgan fingerprint density at radius 3 is 2.48 bits per heavy atom. The van der Waals surface area contributed by atoms with Gasteiger partial charge in [0.15, 0.2) is 5.43 Å². The van der Waals surface area contributed by atoms with Crippen LogP contribution in [0.1, 0.15) is 27.3 Å². The lowest BCUT2D eigenvalue weighted by Gasteiger charge is -2.18. The summed E-state index contributed by atoms with van der Waals surface area (Å²) in [6, 6.07) is 18.5. The summed E-state index contributed by atoms with van der Waals surface area (Å²) >= 11 is 0. The monoisotopic (exact) mass is 362 g/mol. The van der Waals surface area contributed by atoms with Crippen molar-refractivity contribution in [1.29, 1.82) is 0 Å². The van der Waals surface area contributed by atoms with Crippen molar-refractivity contribution in [2.24, 2.45) is 0 Å². The molecule has 2 aromatic carbocycles. The molecule has 0 aliphatic rings. The zero-order valence-electron chi connectivity index (χ0n) is 15.7. The molecule has 1 heterocycles. The lowest BCUT2D eigenvalue weighted by Crippen LogP contribution is -2.27. The summed E-state index contributed by atoms with van der Waals surface area (Å²) in [7, 11) is 1.56. The number of rotatable bonds is 5. The van der Waals surface area contributed by atoms with Crippen LogP contribution in [0.25, 0.3) is 0 Å². The second kappa shape index (κ2) is 7.91. The van der Waals surface area contributed by atoms with Gasteiger partial charge in [-0.1, -0.05) is 36.4 Å². The van der Waals surface area contributed by atoms with Crippen LogP contribution in [0, 0.1) is 13.8 Å². The van der Waals surface area contributed by atoms with Gasteiger partial charge in [0, 0.05) is 35.8 Å². The Morgan fingerprint density at radius 2 is 1.78 bits per heavy atom. The molecular formula is C22H22N2O3. The number of nitrogens with zero attached hydrogens (tertiary/aromatic N) is 1. The topological polar surface area (TPSA) is 60.3 Å². The molecule has 0 bridgehead atoms. The van der Waals surface area contributed by atoms with Crippen LogP contribution in [0.4, 0.5) is 5.69 Å². The van der Waals surface area contributed by atoms with Crippen molar-refractivity contribution >= 4 is 11.6 Å². The molecule has 0 aliphatic carbocycles. The summed E-state index contributed by atoms with van der Waals surface area (Å²) in [5.41, 5.74) is 3.01. The minimum atomic E-state index is -0.424. The molecule has 3 aromatic rings. The number of anilines is 1. The van der Waals surface area contributed by atoms with E-state index in [2.05, 4.69) is 5.32 Å². The molecule has 0 radical (unpaired) electrons. The molecule has 5 nitrogen and oxygen atoms in total. The highest BCUT2D eigenvalue weighted by Gasteiger charge is 2.18. The molecule has 0 spiro atoms. The summed E-state index contributed by atoms with van der Waals surface area (Å²) in [4.78, 5) is 25.3. The van der Waals surface area contributed by atoms with Crippen molar-refractivity contribution in [1.82, 2.24) is 4.57 Å². The second-order valence-corrected chi connectivity index (χ2v) is 6.37. The Hall–Kier alpha value is -3.34. The molecule has 138 valence electrons. The van der Waals surface area contributed by atoms with Gasteiger partial charge >= 0.3 is 0 Å². The van der Waals surface area contributed by atoms with E-state index in [1.165, 1.54) is 6.07 Å². The summed E-state index contributed by atoms with van der Waals surface area (Å²) in [6.45, 7) is 4.27. The molecule has 0 fully saturated rings. The molecule has 1 aromatic heterocycles. The fourth-order valence-electron chi connectivity index (χ4n) is 3.10. The third kappa shape index (κ3) is 4.08. The number of benzene rings is 2. The first kappa shape index (κ1) is 18.5. The maximum Gasteiger partial charge on any atom is 0.261 e. The predicted octanol–water partition coefficient (Wildman–Crippen LogP) is 3.77. The number of nitrogens with one attached hydrogen (secondary N) is 1. The predicted molar refractivity (Wildman–Crippen MR) is 107 cm³/mol. The molecule has 0 atom stereocenters. The number of pyridine rings is 1. The average molecular weight is 362 g/mol. The fourth-order valence-corrected chi connectivity index (χ4v) is 3.10. The smallest absolute Gasteiger partial charge is 0.261 e. The first-order valence-electron chi connectivity index (χ1n) is 8.70. The second-order valence-electron chi connectivity index (χ2n) is 6.37. The van der Waals surface area contributed by atoms with Crippen LogP contribution in [-0.4, -0.2) is 17.6 Å². The van der Waals surface area contributed by atoms with Crippen molar-refractivity contribution < 1.29 is 9.53 Å². The summed E-state index contributed by atoms with van der Waals surface area (Å²) < 4.78 is 7.16. The number of carbonyl (C=O) groups excluding carboxylic acids is 1. The van der Waals surface area contributed by atoms with Gasteiger partial charge in [0.05, 0.1) is 7.11 Å². The Bertz CT molecular complexity index is 1020. The van der Waals surface area contributed by atoms with Gasteiger partial charge in [-0.15, -0.1) is 0 Å². The van der Waals surface area contributed by atoms with Gasteiger partial charge < -0.3 is 14.6 Å². The van der Waals surface area contributed by atoms with Gasteiger partial charge in [-0.2, -0.15) is 0 Å². The van der Waals surface area contributed by atoms with E-state index in [0.29, 0.717) is 23.7 Å². The average Bonchev–Trinajstić information content (AvgIpc) is 2.66. The van der Waals surface area contributed by atoms with Crippen LogP contribution in [0.3, 0.4) is 0 Å². The van der Waals surface area contributed by atoms with Crippen LogP contribution >= 0.6 is 0 Å². The third-order valence-electron chi connectivity index (χ3n) is 4.52. The molecule has 0 unspecified atom stereocenters. The van der Waals surface area contributed by atoms with E-state index < -0.39 is 5.91 Å². The Kier molecular flexibility index (Phi) is 5.41. The maximum atomic E-state index is 12.8. The molecule has 5 heteroatoms. The van der Waals surface area contributed by atoms with Crippen molar-refractivity contribution in [3.05, 3.63) is 93.4 Å². The fraction of sp³-hybridized carbons (Fsp3) is 0.182. The number of amides is 1. The van der Waals surface area contributed by atoms with E-state index in [9.17, 15) is 9.59 Å². The van der Waals surface area contributed by atoms with E-state index in [1.54, 1.807) is 38.3 Å². The standard InChI is InChI=1S/C22H22N2O3/c1-15-12-20(25)21(16(2)24(15)14-17-8-5-4-6-9-17)22(26)23-18-10-7-11-19(13-18)27-3/h4-13H,14H2,1-3H3,(H,23,26). The summed E-state index contributed by atoms with van der Waals surface area (Å²) in [6.07, 6.45) is 0. The largest absolute Gasteiger partial charge is 0.497 e. The Morgan fingerprint density at radius 1 is 1.04 bits per heavy atom. The van der Waals surface area contributed by atoms with Crippen LogP contribution in [0.5, 0.6) is 5.75 Å². The van der Waals surface area contributed by atoms with Gasteiger partial charge in [0.2, 0.25) is 0 Å². The van der Waals surface area contributed by atoms with Gasteiger partial charge in [0.25, 0.3) is 5.91 Å². The van der Waals surface area contributed by atoms with E-state index in [0.717, 1.165) is 11.3 Å². The number of carbonyl (C=O) groups is 1. The zero-order chi connectivity index (χ0) is 19.4. The molecule has 1 N–H and O–H groups in total. The van der Waals surface area contributed by atoms with E-state index in [4.69, 9.17) is 4.74 Å². The molecule has 1 amide bonds. The minimum absolute atomic E-state index is 0.152. The summed E-state index contributed by atoms with van der Waals surface area (Å²) in [5, 5.41) is 2.79. The molecule has 0 saturated heterocycles. The third-order valence-corrected chi connectivity index (χ3v) is 4.52. The number of aryl methyl sites for hydroxylation is 1. The van der Waals surface area contributed by atoms with Crippen LogP contribution < -0.4 is 15.5 Å². The maximum absolute atomic E-state index is 12.8. The lowest BCUT2D eigenvalue weighted by atomic mass is 10.1. The lowest BCUT2D eigenvalue weighted by molar-refractivity contribution is 0.102. The van der Waals surface area contributed by atoms with Gasteiger partial charge in [-0.25, -0.2) is 0 Å². The Balaban J connectivity index is 1.96. The SMILES string of the molecule is COc1cccc(NC(=O)c2c(C)n(Cc3ccccc3)c(C)cc2=O)c1. The van der Waals surface area contributed by atoms with Gasteiger partial charge in [-0.3, -0.25) is 9.59 Å². The van der Waals surface area contributed by atoms with Gasteiger partial charge in [-0.05, 0) is 31.5 Å².